The van der Waals surface area contributed by atoms with Crippen molar-refractivity contribution in [2.24, 2.45) is 0 Å². The molecule has 2 aliphatic heterocycles. The Kier molecular flexibility index (Phi) is 2.27. The molecule has 0 saturated carbocycles. The lowest BCUT2D eigenvalue weighted by molar-refractivity contribution is -0.139. The minimum Gasteiger partial charge on any atom is -0.480 e. The van der Waals surface area contributed by atoms with Gasteiger partial charge < -0.3 is 10.4 Å². The van der Waals surface area contributed by atoms with Crippen LogP contribution < -0.4 is 5.32 Å². The summed E-state index contributed by atoms with van der Waals surface area (Å²) < 4.78 is 0.184. The van der Waals surface area contributed by atoms with Crippen LogP contribution in [0.3, 0.4) is 0 Å². The van der Waals surface area contributed by atoms with Crippen molar-refractivity contribution in [1.82, 2.24) is 5.32 Å². The fourth-order valence-electron chi connectivity index (χ4n) is 1.63. The molecule has 2 N–H and O–H groups in total. The molecule has 0 radical (unpaired) electrons. The molecular weight excluding hydrogens is 194 g/mol. The minimum absolute atomic E-state index is 0.184. The summed E-state index contributed by atoms with van der Waals surface area (Å²) >= 11 is 3.82. The van der Waals surface area contributed by atoms with E-state index in [0.29, 0.717) is 0 Å². The highest BCUT2D eigenvalue weighted by molar-refractivity contribution is 8.21. The molecule has 68 valence electrons. The molecule has 0 amide bonds. The highest BCUT2D eigenvalue weighted by Gasteiger charge is 2.44. The quantitative estimate of drug-likeness (QED) is 0.657. The van der Waals surface area contributed by atoms with Crippen molar-refractivity contribution in [2.45, 2.75) is 16.5 Å². The Morgan fingerprint density at radius 3 is 2.67 bits per heavy atom. The Morgan fingerprint density at radius 1 is 1.50 bits per heavy atom. The number of thioether (sulfide) groups is 2. The van der Waals surface area contributed by atoms with Crippen LogP contribution in [0.1, 0.15) is 6.42 Å². The van der Waals surface area contributed by atoms with Gasteiger partial charge in [0.15, 0.2) is 0 Å². The average Bonchev–Trinajstić information content (AvgIpc) is 2.62. The fourth-order valence-corrected chi connectivity index (χ4v) is 4.81. The monoisotopic (exact) mass is 205 g/mol. The SMILES string of the molecule is O=C(O)[C@@H]1CC2(CN1)SCCS2. The third kappa shape index (κ3) is 1.45. The Bertz CT molecular complexity index is 204. The maximum Gasteiger partial charge on any atom is 0.320 e. The molecule has 3 nitrogen and oxygen atoms in total. The predicted molar refractivity (Wildman–Crippen MR) is 51.7 cm³/mol. The number of hydrogen-bond donors (Lipinski definition) is 2. The maximum absolute atomic E-state index is 10.7. The number of carbonyl (C=O) groups is 1. The molecule has 1 spiro atoms. The van der Waals surface area contributed by atoms with Crippen LogP contribution in [0.15, 0.2) is 0 Å². The molecule has 2 heterocycles. The number of hydrogen-bond acceptors (Lipinski definition) is 4. The van der Waals surface area contributed by atoms with Crippen LogP contribution in [-0.4, -0.2) is 39.2 Å². The number of aliphatic carboxylic acids is 1. The van der Waals surface area contributed by atoms with Crippen LogP contribution in [0.4, 0.5) is 0 Å². The van der Waals surface area contributed by atoms with Crippen LogP contribution in [0.2, 0.25) is 0 Å². The summed E-state index contributed by atoms with van der Waals surface area (Å²) in [5, 5.41) is 11.8. The van der Waals surface area contributed by atoms with Crippen molar-refractivity contribution in [3.05, 3.63) is 0 Å². The van der Waals surface area contributed by atoms with Crippen LogP contribution >= 0.6 is 23.5 Å². The van der Waals surface area contributed by atoms with Crippen molar-refractivity contribution in [3.63, 3.8) is 0 Å². The van der Waals surface area contributed by atoms with Gasteiger partial charge in [0.25, 0.3) is 0 Å². The zero-order chi connectivity index (χ0) is 8.60. The summed E-state index contributed by atoms with van der Waals surface area (Å²) in [5.41, 5.74) is 0. The van der Waals surface area contributed by atoms with Crippen LogP contribution in [0.25, 0.3) is 0 Å². The lowest BCUT2D eigenvalue weighted by Crippen LogP contribution is -2.30. The van der Waals surface area contributed by atoms with Gasteiger partial charge in [-0.3, -0.25) is 4.79 Å². The topological polar surface area (TPSA) is 49.3 Å². The van der Waals surface area contributed by atoms with Gasteiger partial charge in [-0.05, 0) is 6.42 Å². The fraction of sp³-hybridized carbons (Fsp3) is 0.857. The van der Waals surface area contributed by atoms with Gasteiger partial charge >= 0.3 is 5.97 Å². The number of nitrogens with one attached hydrogen (secondary N) is 1. The van der Waals surface area contributed by atoms with E-state index in [-0.39, 0.29) is 10.1 Å². The Morgan fingerprint density at radius 2 is 2.17 bits per heavy atom. The first-order chi connectivity index (χ1) is 5.72. The van der Waals surface area contributed by atoms with E-state index in [4.69, 9.17) is 5.11 Å². The summed E-state index contributed by atoms with van der Waals surface area (Å²) in [4.78, 5) is 10.7. The molecule has 0 aromatic rings. The second-order valence-corrected chi connectivity index (χ2v) is 6.30. The molecule has 0 bridgehead atoms. The van der Waals surface area contributed by atoms with Gasteiger partial charge in [0.05, 0.1) is 4.08 Å². The van der Waals surface area contributed by atoms with Crippen molar-refractivity contribution in [3.8, 4) is 0 Å². The van der Waals surface area contributed by atoms with Crippen molar-refractivity contribution in [1.29, 1.82) is 0 Å². The third-order valence-electron chi connectivity index (χ3n) is 2.24. The second-order valence-electron chi connectivity index (χ2n) is 3.08. The van der Waals surface area contributed by atoms with E-state index in [2.05, 4.69) is 5.32 Å². The first-order valence-electron chi connectivity index (χ1n) is 3.96. The first-order valence-corrected chi connectivity index (χ1v) is 5.93. The zero-order valence-electron chi connectivity index (χ0n) is 6.58. The summed E-state index contributed by atoms with van der Waals surface area (Å²) in [6.45, 7) is 0.847. The van der Waals surface area contributed by atoms with Gasteiger partial charge in [-0.2, -0.15) is 0 Å². The van der Waals surface area contributed by atoms with Crippen molar-refractivity contribution < 1.29 is 9.90 Å². The Balaban J connectivity index is 2.01. The normalized spacial score (nSPS) is 32.8. The molecule has 2 aliphatic rings. The third-order valence-corrected chi connectivity index (χ3v) is 5.70. The maximum atomic E-state index is 10.7. The van der Waals surface area contributed by atoms with Crippen LogP contribution in [0.5, 0.6) is 0 Å². The molecule has 12 heavy (non-hydrogen) atoms. The molecule has 1 atom stereocenters. The largest absolute Gasteiger partial charge is 0.480 e. The van der Waals surface area contributed by atoms with Crippen LogP contribution in [0, 0.1) is 0 Å². The summed E-state index contributed by atoms with van der Waals surface area (Å²) in [5.74, 6) is 1.62. The van der Waals surface area contributed by atoms with E-state index < -0.39 is 5.97 Å². The molecular formula is C7H11NO2S2. The van der Waals surface area contributed by atoms with E-state index in [1.165, 1.54) is 11.5 Å². The highest BCUT2D eigenvalue weighted by atomic mass is 32.2. The number of carboxylic acids is 1. The first kappa shape index (κ1) is 8.72. The molecule has 2 saturated heterocycles. The Labute approximate surface area is 79.7 Å². The van der Waals surface area contributed by atoms with Gasteiger partial charge in [-0.1, -0.05) is 0 Å². The van der Waals surface area contributed by atoms with E-state index in [1.54, 1.807) is 0 Å². The molecule has 0 aromatic carbocycles. The van der Waals surface area contributed by atoms with Crippen molar-refractivity contribution >= 4 is 29.5 Å². The van der Waals surface area contributed by atoms with Gasteiger partial charge in [-0.25, -0.2) is 0 Å². The highest BCUT2D eigenvalue weighted by Crippen LogP contribution is 2.48. The molecule has 2 rings (SSSR count). The average molecular weight is 205 g/mol. The summed E-state index contributed by atoms with van der Waals surface area (Å²) in [6.07, 6.45) is 0.775. The molecule has 0 unspecified atom stereocenters. The zero-order valence-corrected chi connectivity index (χ0v) is 8.21. The van der Waals surface area contributed by atoms with E-state index in [9.17, 15) is 4.79 Å². The predicted octanol–water partition coefficient (Wildman–Crippen LogP) is 0.609. The van der Waals surface area contributed by atoms with E-state index >= 15 is 0 Å². The smallest absolute Gasteiger partial charge is 0.320 e. The summed E-state index contributed by atoms with van der Waals surface area (Å²) in [7, 11) is 0. The molecule has 5 heteroatoms. The standard InChI is InChI=1S/C7H11NO2S2/c9-6(10)5-3-7(4-8-5)11-1-2-12-7/h5,8H,1-4H2,(H,9,10)/t5-/m0/s1. The van der Waals surface area contributed by atoms with Gasteiger partial charge in [-0.15, -0.1) is 23.5 Å². The van der Waals surface area contributed by atoms with E-state index in [0.717, 1.165) is 13.0 Å². The van der Waals surface area contributed by atoms with E-state index in [1.807, 2.05) is 23.5 Å². The molecule has 2 fully saturated rings. The molecule has 0 aromatic heterocycles. The number of carboxylic acid groups (broad SMARTS) is 1. The number of rotatable bonds is 1. The lowest BCUT2D eigenvalue weighted by atomic mass is 10.2. The lowest BCUT2D eigenvalue weighted by Gasteiger charge is -2.18. The van der Waals surface area contributed by atoms with Crippen molar-refractivity contribution in [2.75, 3.05) is 18.1 Å². The summed E-state index contributed by atoms with van der Waals surface area (Å²) in [6, 6.07) is -0.317. The van der Waals surface area contributed by atoms with Gasteiger partial charge in [0.2, 0.25) is 0 Å². The second kappa shape index (κ2) is 3.12. The van der Waals surface area contributed by atoms with Gasteiger partial charge in [0, 0.05) is 18.1 Å². The van der Waals surface area contributed by atoms with Crippen LogP contribution in [-0.2, 0) is 4.79 Å². The van der Waals surface area contributed by atoms with Gasteiger partial charge in [0.1, 0.15) is 6.04 Å². The minimum atomic E-state index is -0.708. The molecule has 0 aliphatic carbocycles. The Hall–Kier alpha value is 0.130.